The van der Waals surface area contributed by atoms with Crippen molar-refractivity contribution in [2.24, 2.45) is 0 Å². The van der Waals surface area contributed by atoms with Crippen LogP contribution in [0.15, 0.2) is 59.9 Å². The molecule has 29 heavy (non-hydrogen) atoms. The zero-order chi connectivity index (χ0) is 20.8. The van der Waals surface area contributed by atoms with Crippen molar-refractivity contribution >= 4 is 23.0 Å². The van der Waals surface area contributed by atoms with E-state index >= 15 is 0 Å². The number of carbonyl (C=O) groups excluding carboxylic acids is 1. The fourth-order valence-electron chi connectivity index (χ4n) is 2.89. The molecule has 0 aliphatic carbocycles. The Balaban J connectivity index is 1.66. The summed E-state index contributed by atoms with van der Waals surface area (Å²) in [7, 11) is 1.56. The molecule has 7 heteroatoms. The Morgan fingerprint density at radius 1 is 1.17 bits per heavy atom. The fourth-order valence-corrected chi connectivity index (χ4v) is 2.89. The van der Waals surface area contributed by atoms with Gasteiger partial charge in [-0.2, -0.15) is 0 Å². The minimum Gasteiger partial charge on any atom is -0.493 e. The summed E-state index contributed by atoms with van der Waals surface area (Å²) in [5, 5.41) is 2.91. The maximum atomic E-state index is 12.3. The van der Waals surface area contributed by atoms with Gasteiger partial charge < -0.3 is 24.8 Å². The van der Waals surface area contributed by atoms with Gasteiger partial charge in [0.1, 0.15) is 6.61 Å². The van der Waals surface area contributed by atoms with Crippen LogP contribution < -0.4 is 20.5 Å². The number of fused-ring (bicyclic) bond motifs is 1. The molecule has 3 rings (SSSR count). The number of hydrogen-bond acceptors (Lipinski definition) is 4. The Morgan fingerprint density at radius 2 is 1.97 bits per heavy atom. The molecular weight excluding hydrogens is 370 g/mol. The van der Waals surface area contributed by atoms with E-state index in [1.54, 1.807) is 31.4 Å². The minimum atomic E-state index is -0.256. The first-order valence-corrected chi connectivity index (χ1v) is 9.12. The van der Waals surface area contributed by atoms with Crippen molar-refractivity contribution in [3.63, 3.8) is 0 Å². The Morgan fingerprint density at radius 3 is 2.72 bits per heavy atom. The molecule has 1 aromatic heterocycles. The summed E-state index contributed by atoms with van der Waals surface area (Å²) < 4.78 is 10.8. The van der Waals surface area contributed by atoms with E-state index in [2.05, 4.69) is 21.9 Å². The number of methoxy groups -OCH3 is 1. The Kier molecular flexibility index (Phi) is 6.19. The van der Waals surface area contributed by atoms with Gasteiger partial charge in [-0.25, -0.2) is 4.79 Å². The van der Waals surface area contributed by atoms with Crippen LogP contribution >= 0.6 is 0 Å². The zero-order valence-electron chi connectivity index (χ0n) is 16.3. The summed E-state index contributed by atoms with van der Waals surface area (Å²) in [6.07, 6.45) is 4.82. The van der Waals surface area contributed by atoms with E-state index in [9.17, 15) is 9.59 Å². The zero-order valence-corrected chi connectivity index (χ0v) is 16.3. The number of amides is 1. The van der Waals surface area contributed by atoms with E-state index < -0.39 is 0 Å². The number of imidazole rings is 1. The number of hydrogen-bond donors (Lipinski definition) is 3. The molecule has 0 saturated carbocycles. The smallest absolute Gasteiger partial charge is 0.323 e. The van der Waals surface area contributed by atoms with E-state index in [1.807, 2.05) is 31.2 Å². The third kappa shape index (κ3) is 4.95. The minimum absolute atomic E-state index is 0.223. The molecule has 1 heterocycles. The molecule has 0 aliphatic rings. The molecule has 1 atom stereocenters. The Bertz CT molecular complexity index is 1110. The third-order valence-electron chi connectivity index (χ3n) is 4.37. The molecular formula is C22H23N3O4. The quantitative estimate of drug-likeness (QED) is 0.404. The molecule has 0 saturated heterocycles. The molecule has 150 valence electrons. The summed E-state index contributed by atoms with van der Waals surface area (Å²) in [6, 6.07) is 10.7. The third-order valence-corrected chi connectivity index (χ3v) is 4.37. The predicted octanol–water partition coefficient (Wildman–Crippen LogP) is 3.32. The van der Waals surface area contributed by atoms with Gasteiger partial charge in [-0.05, 0) is 48.4 Å². The van der Waals surface area contributed by atoms with E-state index in [0.29, 0.717) is 23.6 Å². The number of ether oxygens (including phenoxy) is 2. The van der Waals surface area contributed by atoms with Crippen molar-refractivity contribution in [3.05, 3.63) is 76.7 Å². The highest BCUT2D eigenvalue weighted by Gasteiger charge is 2.10. The monoisotopic (exact) mass is 393 g/mol. The molecule has 0 fully saturated rings. The molecule has 0 spiro atoms. The lowest BCUT2D eigenvalue weighted by molar-refractivity contribution is -0.117. The van der Waals surface area contributed by atoms with Gasteiger partial charge in [0.2, 0.25) is 5.91 Å². The lowest BCUT2D eigenvalue weighted by atomic mass is 10.1. The number of benzene rings is 2. The van der Waals surface area contributed by atoms with Crippen molar-refractivity contribution in [1.29, 1.82) is 0 Å². The van der Waals surface area contributed by atoms with Crippen molar-refractivity contribution in [1.82, 2.24) is 15.3 Å². The van der Waals surface area contributed by atoms with Gasteiger partial charge in [0.25, 0.3) is 0 Å². The molecule has 3 N–H and O–H groups in total. The number of nitrogens with one attached hydrogen (secondary N) is 3. The van der Waals surface area contributed by atoms with Gasteiger partial charge in [-0.1, -0.05) is 24.8 Å². The van der Waals surface area contributed by atoms with Crippen LogP contribution in [0.2, 0.25) is 0 Å². The molecule has 0 aliphatic heterocycles. The second kappa shape index (κ2) is 8.97. The van der Waals surface area contributed by atoms with Gasteiger partial charge in [0.05, 0.1) is 24.2 Å². The normalized spacial score (nSPS) is 12.1. The van der Waals surface area contributed by atoms with Crippen LogP contribution in [0, 0.1) is 0 Å². The second-order valence-corrected chi connectivity index (χ2v) is 6.46. The summed E-state index contributed by atoms with van der Waals surface area (Å²) in [5.74, 6) is 0.962. The van der Waals surface area contributed by atoms with Gasteiger partial charge in [0.15, 0.2) is 11.5 Å². The SMILES string of the molecule is C=CCOc1ccc(/C=C/C(=O)NC(C)c2ccc3[nH]c(=O)[nH]c3c2)cc1OC. The summed E-state index contributed by atoms with van der Waals surface area (Å²) in [5.41, 5.74) is 2.87. The van der Waals surface area contributed by atoms with E-state index in [0.717, 1.165) is 16.6 Å². The molecule has 1 unspecified atom stereocenters. The average molecular weight is 393 g/mol. The summed E-state index contributed by atoms with van der Waals surface area (Å²) >= 11 is 0. The van der Waals surface area contributed by atoms with Crippen molar-refractivity contribution in [2.75, 3.05) is 13.7 Å². The van der Waals surface area contributed by atoms with Crippen LogP contribution in [-0.4, -0.2) is 29.6 Å². The first-order chi connectivity index (χ1) is 14.0. The Hall–Kier alpha value is -3.74. The highest BCUT2D eigenvalue weighted by atomic mass is 16.5. The standard InChI is InChI=1S/C22H23N3O4/c1-4-11-29-19-9-5-15(12-20(19)28-3)6-10-21(26)23-14(2)16-7-8-17-18(13-16)25-22(27)24-17/h4-10,12-14H,1,11H2,2-3H3,(H,23,26)(H2,24,25,27)/b10-6+. The molecule has 3 aromatic rings. The van der Waals surface area contributed by atoms with Crippen LogP contribution in [0.5, 0.6) is 11.5 Å². The van der Waals surface area contributed by atoms with Crippen LogP contribution in [0.25, 0.3) is 17.1 Å². The summed E-state index contributed by atoms with van der Waals surface area (Å²) in [4.78, 5) is 29.1. The van der Waals surface area contributed by atoms with Crippen molar-refractivity contribution < 1.29 is 14.3 Å². The van der Waals surface area contributed by atoms with Crippen LogP contribution in [0.3, 0.4) is 0 Å². The van der Waals surface area contributed by atoms with Gasteiger partial charge in [0, 0.05) is 6.08 Å². The number of carbonyl (C=O) groups is 1. The number of rotatable bonds is 8. The van der Waals surface area contributed by atoms with Crippen molar-refractivity contribution in [2.45, 2.75) is 13.0 Å². The van der Waals surface area contributed by atoms with Crippen LogP contribution in [-0.2, 0) is 4.79 Å². The lowest BCUT2D eigenvalue weighted by Gasteiger charge is -2.13. The lowest BCUT2D eigenvalue weighted by Crippen LogP contribution is -2.24. The first kappa shape index (κ1) is 20.0. The highest BCUT2D eigenvalue weighted by molar-refractivity contribution is 5.92. The van der Waals surface area contributed by atoms with E-state index in [1.165, 1.54) is 6.08 Å². The fraction of sp³-hybridized carbons (Fsp3) is 0.182. The largest absolute Gasteiger partial charge is 0.493 e. The second-order valence-electron chi connectivity index (χ2n) is 6.46. The topological polar surface area (TPSA) is 96.2 Å². The number of aromatic nitrogens is 2. The van der Waals surface area contributed by atoms with E-state index in [-0.39, 0.29) is 17.6 Å². The van der Waals surface area contributed by atoms with Crippen LogP contribution in [0.4, 0.5) is 0 Å². The van der Waals surface area contributed by atoms with Crippen LogP contribution in [0.1, 0.15) is 24.1 Å². The predicted molar refractivity (Wildman–Crippen MR) is 113 cm³/mol. The van der Waals surface area contributed by atoms with Gasteiger partial charge in [-0.15, -0.1) is 0 Å². The maximum Gasteiger partial charge on any atom is 0.323 e. The van der Waals surface area contributed by atoms with Gasteiger partial charge in [-0.3, -0.25) is 4.79 Å². The number of aromatic amines is 2. The molecule has 7 nitrogen and oxygen atoms in total. The number of H-pyrrole nitrogens is 2. The molecule has 0 radical (unpaired) electrons. The first-order valence-electron chi connectivity index (χ1n) is 9.12. The van der Waals surface area contributed by atoms with Gasteiger partial charge >= 0.3 is 5.69 Å². The Labute approximate surface area is 168 Å². The highest BCUT2D eigenvalue weighted by Crippen LogP contribution is 2.28. The summed E-state index contributed by atoms with van der Waals surface area (Å²) in [6.45, 7) is 5.88. The average Bonchev–Trinajstić information content (AvgIpc) is 3.10. The molecule has 2 aromatic carbocycles. The van der Waals surface area contributed by atoms with E-state index in [4.69, 9.17) is 9.47 Å². The van der Waals surface area contributed by atoms with Crippen molar-refractivity contribution in [3.8, 4) is 11.5 Å². The maximum absolute atomic E-state index is 12.3. The molecule has 0 bridgehead atoms. The molecule has 1 amide bonds.